The van der Waals surface area contributed by atoms with Crippen LogP contribution in [-0.2, 0) is 12.1 Å². The van der Waals surface area contributed by atoms with E-state index in [0.29, 0.717) is 19.1 Å². The van der Waals surface area contributed by atoms with E-state index in [1.54, 1.807) is 0 Å². The smallest absolute Gasteiger partial charge is 0.416 e. The highest BCUT2D eigenvalue weighted by molar-refractivity contribution is 5.88. The summed E-state index contributed by atoms with van der Waals surface area (Å²) >= 11 is 0. The van der Waals surface area contributed by atoms with E-state index in [1.807, 2.05) is 0 Å². The molecule has 0 heterocycles. The maximum atomic E-state index is 12.9. The highest BCUT2D eigenvalue weighted by atomic mass is 19.4. The van der Waals surface area contributed by atoms with Gasteiger partial charge in [-0.25, -0.2) is 13.6 Å². The molecule has 0 bridgehead atoms. The molecule has 0 spiro atoms. The zero-order valence-corrected chi connectivity index (χ0v) is 8.48. The van der Waals surface area contributed by atoms with E-state index in [9.17, 15) is 26.7 Å². The van der Waals surface area contributed by atoms with Crippen molar-refractivity contribution in [2.75, 3.05) is 0 Å². The van der Waals surface area contributed by atoms with Crippen LogP contribution in [0.15, 0.2) is 18.2 Å². The van der Waals surface area contributed by atoms with Crippen molar-refractivity contribution in [3.05, 3.63) is 34.9 Å². The van der Waals surface area contributed by atoms with Gasteiger partial charge in [0.15, 0.2) is 0 Å². The van der Waals surface area contributed by atoms with Crippen molar-refractivity contribution in [2.45, 2.75) is 19.0 Å². The van der Waals surface area contributed by atoms with Crippen LogP contribution in [0.3, 0.4) is 0 Å². The van der Waals surface area contributed by atoms with Crippen LogP contribution in [0.25, 0.3) is 0 Å². The predicted octanol–water partition coefficient (Wildman–Crippen LogP) is 3.52. The molecule has 0 unspecified atom stereocenters. The average molecular weight is 254 g/mol. The molecule has 0 aromatic heterocycles. The molecule has 0 saturated carbocycles. The zero-order valence-electron chi connectivity index (χ0n) is 8.48. The molecular formula is C10H7F5O2. The Labute approximate surface area is 92.7 Å². The molecule has 0 fully saturated rings. The molecule has 7 heteroatoms. The standard InChI is InChI=1S/C10H7F5O2/c1-9(11,12)6-2-5(8(16)17)3-7(4-6)10(13,14)15/h2-4H,1H3,(H,16,17). The fourth-order valence-electron chi connectivity index (χ4n) is 1.17. The molecule has 1 aromatic carbocycles. The first-order valence-corrected chi connectivity index (χ1v) is 4.35. The van der Waals surface area contributed by atoms with Gasteiger partial charge in [0.2, 0.25) is 0 Å². The van der Waals surface area contributed by atoms with E-state index in [-0.39, 0.29) is 6.07 Å². The van der Waals surface area contributed by atoms with E-state index in [4.69, 9.17) is 5.11 Å². The lowest BCUT2D eigenvalue weighted by molar-refractivity contribution is -0.137. The summed E-state index contributed by atoms with van der Waals surface area (Å²) in [5, 5.41) is 8.55. The number of carboxylic acid groups (broad SMARTS) is 1. The van der Waals surface area contributed by atoms with Crippen LogP contribution in [0.4, 0.5) is 22.0 Å². The third kappa shape index (κ3) is 3.15. The van der Waals surface area contributed by atoms with E-state index in [2.05, 4.69) is 0 Å². The van der Waals surface area contributed by atoms with E-state index in [0.717, 1.165) is 0 Å². The number of aromatic carboxylic acids is 1. The quantitative estimate of drug-likeness (QED) is 0.820. The van der Waals surface area contributed by atoms with Crippen LogP contribution in [0.1, 0.15) is 28.4 Å². The second kappa shape index (κ2) is 3.97. The largest absolute Gasteiger partial charge is 0.478 e. The van der Waals surface area contributed by atoms with Crippen LogP contribution < -0.4 is 0 Å². The Morgan fingerprint density at radius 2 is 1.53 bits per heavy atom. The van der Waals surface area contributed by atoms with Crippen LogP contribution in [-0.4, -0.2) is 11.1 Å². The molecule has 0 radical (unpaired) electrons. The van der Waals surface area contributed by atoms with Gasteiger partial charge < -0.3 is 5.11 Å². The van der Waals surface area contributed by atoms with Gasteiger partial charge in [-0.15, -0.1) is 0 Å². The van der Waals surface area contributed by atoms with Crippen LogP contribution in [0.2, 0.25) is 0 Å². The number of rotatable bonds is 2. The van der Waals surface area contributed by atoms with E-state index in [1.165, 1.54) is 0 Å². The van der Waals surface area contributed by atoms with Gasteiger partial charge in [0.1, 0.15) is 0 Å². The highest BCUT2D eigenvalue weighted by Gasteiger charge is 2.35. The van der Waals surface area contributed by atoms with Crippen molar-refractivity contribution in [3.63, 3.8) is 0 Å². The highest BCUT2D eigenvalue weighted by Crippen LogP contribution is 2.35. The van der Waals surface area contributed by atoms with Gasteiger partial charge in [-0.3, -0.25) is 0 Å². The summed E-state index contributed by atoms with van der Waals surface area (Å²) in [6.45, 7) is 0.397. The lowest BCUT2D eigenvalue weighted by Crippen LogP contribution is -2.14. The molecule has 1 N–H and O–H groups in total. The molecule has 17 heavy (non-hydrogen) atoms. The number of halogens is 5. The molecule has 2 nitrogen and oxygen atoms in total. The molecule has 0 aliphatic rings. The number of alkyl halides is 5. The minimum atomic E-state index is -4.87. The summed E-state index contributed by atoms with van der Waals surface area (Å²) in [6, 6.07) is 1.08. The maximum Gasteiger partial charge on any atom is 0.416 e. The Morgan fingerprint density at radius 3 is 1.88 bits per heavy atom. The van der Waals surface area contributed by atoms with Crippen molar-refractivity contribution in [2.24, 2.45) is 0 Å². The van der Waals surface area contributed by atoms with Crippen LogP contribution in [0, 0.1) is 0 Å². The Kier molecular flexibility index (Phi) is 3.13. The normalized spacial score (nSPS) is 12.6. The average Bonchev–Trinajstić information content (AvgIpc) is 2.14. The number of carbonyl (C=O) groups is 1. The number of carboxylic acids is 1. The van der Waals surface area contributed by atoms with Crippen LogP contribution >= 0.6 is 0 Å². The van der Waals surface area contributed by atoms with Gasteiger partial charge in [-0.1, -0.05) is 0 Å². The molecular weight excluding hydrogens is 247 g/mol. The fourth-order valence-corrected chi connectivity index (χ4v) is 1.17. The summed E-state index contributed by atoms with van der Waals surface area (Å²) in [5.41, 5.74) is -3.21. The Morgan fingerprint density at radius 1 is 1.06 bits per heavy atom. The summed E-state index contributed by atoms with van der Waals surface area (Å²) in [5.74, 6) is -5.23. The van der Waals surface area contributed by atoms with Gasteiger partial charge in [0.05, 0.1) is 11.1 Å². The van der Waals surface area contributed by atoms with Crippen molar-refractivity contribution in [3.8, 4) is 0 Å². The molecule has 1 aromatic rings. The molecule has 1 rings (SSSR count). The Balaban J connectivity index is 3.45. The molecule has 0 aliphatic heterocycles. The number of hydrogen-bond donors (Lipinski definition) is 1. The number of benzene rings is 1. The van der Waals surface area contributed by atoms with Gasteiger partial charge >= 0.3 is 12.1 Å². The summed E-state index contributed by atoms with van der Waals surface area (Å²) in [6.07, 6.45) is -4.87. The SMILES string of the molecule is CC(F)(F)c1cc(C(=O)O)cc(C(F)(F)F)c1. The first-order valence-electron chi connectivity index (χ1n) is 4.35. The van der Waals surface area contributed by atoms with E-state index >= 15 is 0 Å². The third-order valence-electron chi connectivity index (χ3n) is 2.01. The third-order valence-corrected chi connectivity index (χ3v) is 2.01. The Hall–Kier alpha value is -1.66. The lowest BCUT2D eigenvalue weighted by atomic mass is 10.0. The monoisotopic (exact) mass is 254 g/mol. The molecule has 0 amide bonds. The van der Waals surface area contributed by atoms with Gasteiger partial charge in [0, 0.05) is 12.5 Å². The molecule has 0 aliphatic carbocycles. The minimum absolute atomic E-state index is 0.242. The van der Waals surface area contributed by atoms with E-state index < -0.39 is 34.8 Å². The van der Waals surface area contributed by atoms with Gasteiger partial charge in [-0.05, 0) is 18.2 Å². The first-order chi connectivity index (χ1) is 7.51. The van der Waals surface area contributed by atoms with Crippen molar-refractivity contribution >= 4 is 5.97 Å². The first kappa shape index (κ1) is 13.4. The second-order valence-corrected chi connectivity index (χ2v) is 3.49. The zero-order chi connectivity index (χ0) is 13.4. The lowest BCUT2D eigenvalue weighted by Gasteiger charge is -2.14. The fraction of sp³-hybridized carbons (Fsp3) is 0.300. The maximum absolute atomic E-state index is 12.9. The minimum Gasteiger partial charge on any atom is -0.478 e. The topological polar surface area (TPSA) is 37.3 Å². The summed E-state index contributed by atoms with van der Waals surface area (Å²) in [4.78, 5) is 10.5. The van der Waals surface area contributed by atoms with Gasteiger partial charge in [0.25, 0.3) is 5.92 Å². The van der Waals surface area contributed by atoms with Crippen LogP contribution in [0.5, 0.6) is 0 Å². The van der Waals surface area contributed by atoms with Crippen molar-refractivity contribution in [1.29, 1.82) is 0 Å². The molecule has 0 saturated heterocycles. The molecule has 0 atom stereocenters. The second-order valence-electron chi connectivity index (χ2n) is 3.49. The van der Waals surface area contributed by atoms with Gasteiger partial charge in [-0.2, -0.15) is 13.2 Å². The number of hydrogen-bond acceptors (Lipinski definition) is 1. The predicted molar refractivity (Wildman–Crippen MR) is 48.0 cm³/mol. The summed E-state index contributed by atoms with van der Waals surface area (Å²) in [7, 11) is 0. The molecule has 94 valence electrons. The summed E-state index contributed by atoms with van der Waals surface area (Å²) < 4.78 is 62.9. The van der Waals surface area contributed by atoms with Crippen molar-refractivity contribution in [1.82, 2.24) is 0 Å². The van der Waals surface area contributed by atoms with Crippen molar-refractivity contribution < 1.29 is 31.9 Å². The Bertz CT molecular complexity index is 413.